The summed E-state index contributed by atoms with van der Waals surface area (Å²) in [5, 5.41) is 1.42. The first-order valence-corrected chi connectivity index (χ1v) is 3.65. The van der Waals surface area contributed by atoms with Crippen LogP contribution < -0.4 is 0 Å². The fourth-order valence-electron chi connectivity index (χ4n) is 0.510. The minimum atomic E-state index is 0.0432. The molecule has 28 valence electrons. The Morgan fingerprint density at radius 3 is 2.80 bits per heavy atom. The lowest BCUT2D eigenvalue weighted by molar-refractivity contribution is 0.374. The summed E-state index contributed by atoms with van der Waals surface area (Å²) in [5.74, 6) is 0. The normalized spacial score (nSPS) is 22.4. The van der Waals surface area contributed by atoms with E-state index < -0.39 is 0 Å². The standard InChI is InChI=1S/C3H6O.Al.H/c1-2-3-4;;/h1-3H2;;/q-1;+1;. The van der Waals surface area contributed by atoms with Crippen molar-refractivity contribution in [3.05, 3.63) is 0 Å². The van der Waals surface area contributed by atoms with Gasteiger partial charge >= 0.3 is 15.6 Å². The van der Waals surface area contributed by atoms with Gasteiger partial charge < -0.3 is 3.79 Å². The van der Waals surface area contributed by atoms with E-state index in [1.54, 1.807) is 0 Å². The molecule has 5 heavy (non-hydrogen) atoms. The highest BCUT2D eigenvalue weighted by Gasteiger charge is 2.00. The molecule has 1 fully saturated rings. The Balaban J connectivity index is 2.08. The monoisotopic (exact) mass is 86.0 g/mol. The molecule has 0 bridgehead atoms. The third-order valence-corrected chi connectivity index (χ3v) is 2.19. The van der Waals surface area contributed by atoms with Gasteiger partial charge in [0.25, 0.3) is 0 Å². The van der Waals surface area contributed by atoms with Gasteiger partial charge in [0, 0.05) is 6.61 Å². The Bertz CT molecular complexity index is 18.5. The van der Waals surface area contributed by atoms with Crippen LogP contribution in [0.5, 0.6) is 0 Å². The average Bonchev–Trinajstić information content (AvgIpc) is 1.76. The molecule has 1 aliphatic rings. The molecular formula is C3H7AlO. The third kappa shape index (κ3) is 0.925. The lowest BCUT2D eigenvalue weighted by Gasteiger charge is -1.78. The molecule has 1 rings (SSSR count). The van der Waals surface area contributed by atoms with E-state index in [0.717, 1.165) is 6.61 Å². The smallest absolute Gasteiger partial charge is 0.435 e. The van der Waals surface area contributed by atoms with Crippen molar-refractivity contribution in [3.63, 3.8) is 0 Å². The SMILES string of the molecule is C1C[O][AlH][CH2]1. The van der Waals surface area contributed by atoms with E-state index in [9.17, 15) is 0 Å². The van der Waals surface area contributed by atoms with E-state index in [0.29, 0.717) is 0 Å². The van der Waals surface area contributed by atoms with Crippen molar-refractivity contribution in [1.82, 2.24) is 0 Å². The molecule has 1 nitrogen and oxygen atoms in total. The maximum absolute atomic E-state index is 5.08. The molecule has 0 spiro atoms. The molecule has 0 aromatic rings. The van der Waals surface area contributed by atoms with Crippen molar-refractivity contribution in [3.8, 4) is 0 Å². The van der Waals surface area contributed by atoms with E-state index in [2.05, 4.69) is 0 Å². The zero-order chi connectivity index (χ0) is 3.54. The van der Waals surface area contributed by atoms with Crippen molar-refractivity contribution in [1.29, 1.82) is 0 Å². The minimum Gasteiger partial charge on any atom is -0.503 e. The highest BCUT2D eigenvalue weighted by atomic mass is 27.1. The van der Waals surface area contributed by atoms with Crippen LogP contribution in [0.2, 0.25) is 5.28 Å². The Hall–Kier alpha value is 0.492. The summed E-state index contributed by atoms with van der Waals surface area (Å²) in [6.45, 7) is 1.06. The molecule has 0 aliphatic carbocycles. The van der Waals surface area contributed by atoms with Crippen LogP contribution in [0.4, 0.5) is 0 Å². The summed E-state index contributed by atoms with van der Waals surface area (Å²) in [7, 11) is 0. The third-order valence-electron chi connectivity index (χ3n) is 0.827. The van der Waals surface area contributed by atoms with Crippen LogP contribution in [-0.4, -0.2) is 22.2 Å². The van der Waals surface area contributed by atoms with Crippen LogP contribution in [-0.2, 0) is 3.79 Å². The molecule has 0 aromatic heterocycles. The molecule has 1 aliphatic heterocycles. The molecular weight excluding hydrogens is 79.0 g/mol. The van der Waals surface area contributed by atoms with E-state index >= 15 is 0 Å². The van der Waals surface area contributed by atoms with E-state index in [4.69, 9.17) is 3.79 Å². The first-order valence-electron chi connectivity index (χ1n) is 2.08. The maximum Gasteiger partial charge on any atom is 0.435 e. The van der Waals surface area contributed by atoms with Gasteiger partial charge in [0.1, 0.15) is 0 Å². The van der Waals surface area contributed by atoms with E-state index in [1.165, 1.54) is 11.7 Å². The van der Waals surface area contributed by atoms with Gasteiger partial charge in [-0.2, -0.15) is 0 Å². The second-order valence-corrected chi connectivity index (χ2v) is 2.84. The van der Waals surface area contributed by atoms with Crippen LogP contribution >= 0.6 is 0 Å². The molecule has 1 saturated heterocycles. The first-order chi connectivity index (χ1) is 2.50. The fraction of sp³-hybridized carbons (Fsp3) is 1.00. The topological polar surface area (TPSA) is 9.23 Å². The summed E-state index contributed by atoms with van der Waals surface area (Å²) >= 11 is 0.0432. The van der Waals surface area contributed by atoms with E-state index in [-0.39, 0.29) is 15.6 Å². The zero-order valence-corrected chi connectivity index (χ0v) is 4.65. The molecule has 0 unspecified atom stereocenters. The van der Waals surface area contributed by atoms with Gasteiger partial charge in [0.2, 0.25) is 0 Å². The largest absolute Gasteiger partial charge is 0.503 e. The van der Waals surface area contributed by atoms with Gasteiger partial charge in [-0.1, -0.05) is 5.28 Å². The lowest BCUT2D eigenvalue weighted by Crippen LogP contribution is -1.80. The predicted molar refractivity (Wildman–Crippen MR) is 22.5 cm³/mol. The molecule has 0 atom stereocenters. The molecule has 0 aromatic carbocycles. The number of hydrogen-bond acceptors (Lipinski definition) is 1. The quantitative estimate of drug-likeness (QED) is 0.382. The van der Waals surface area contributed by atoms with Crippen molar-refractivity contribution >= 4 is 15.6 Å². The summed E-state index contributed by atoms with van der Waals surface area (Å²) in [6.07, 6.45) is 1.34. The van der Waals surface area contributed by atoms with E-state index in [1.807, 2.05) is 0 Å². The Morgan fingerprint density at radius 1 is 1.60 bits per heavy atom. The molecule has 1 heterocycles. The van der Waals surface area contributed by atoms with Crippen molar-refractivity contribution in [2.45, 2.75) is 11.7 Å². The van der Waals surface area contributed by atoms with Gasteiger partial charge in [-0.15, -0.1) is 0 Å². The maximum atomic E-state index is 5.08. The highest BCUT2D eigenvalue weighted by Crippen LogP contribution is 1.97. The Kier molecular flexibility index (Phi) is 1.33. The zero-order valence-electron chi connectivity index (χ0n) is 3.24. The predicted octanol–water partition coefficient (Wildman–Crippen LogP) is 0.177. The van der Waals surface area contributed by atoms with Crippen LogP contribution in [0, 0.1) is 0 Å². The van der Waals surface area contributed by atoms with Gasteiger partial charge in [-0.3, -0.25) is 0 Å². The minimum absolute atomic E-state index is 0.0432. The fourth-order valence-corrected chi connectivity index (χ4v) is 1.53. The molecule has 2 heteroatoms. The lowest BCUT2D eigenvalue weighted by atomic mass is 10.5. The van der Waals surface area contributed by atoms with Crippen LogP contribution in [0.1, 0.15) is 6.42 Å². The second-order valence-electron chi connectivity index (χ2n) is 1.32. The molecule has 0 N–H and O–H groups in total. The highest BCUT2D eigenvalue weighted by molar-refractivity contribution is 6.27. The van der Waals surface area contributed by atoms with Crippen molar-refractivity contribution in [2.75, 3.05) is 6.61 Å². The summed E-state index contributed by atoms with van der Waals surface area (Å²) in [4.78, 5) is 0. The van der Waals surface area contributed by atoms with Gasteiger partial charge in [0.15, 0.2) is 0 Å². The van der Waals surface area contributed by atoms with Gasteiger partial charge in [-0.25, -0.2) is 0 Å². The van der Waals surface area contributed by atoms with Crippen LogP contribution in [0.25, 0.3) is 0 Å². The van der Waals surface area contributed by atoms with Gasteiger partial charge in [0.05, 0.1) is 0 Å². The van der Waals surface area contributed by atoms with Crippen LogP contribution in [0.3, 0.4) is 0 Å². The average molecular weight is 86.1 g/mol. The van der Waals surface area contributed by atoms with Crippen LogP contribution in [0.15, 0.2) is 0 Å². The van der Waals surface area contributed by atoms with Crippen molar-refractivity contribution < 1.29 is 3.79 Å². The first kappa shape index (κ1) is 3.67. The summed E-state index contributed by atoms with van der Waals surface area (Å²) in [5.41, 5.74) is 0. The molecule has 0 saturated carbocycles. The summed E-state index contributed by atoms with van der Waals surface area (Å²) in [6, 6.07) is 0. The molecule has 0 radical (unpaired) electrons. The summed E-state index contributed by atoms with van der Waals surface area (Å²) < 4.78 is 5.08. The van der Waals surface area contributed by atoms with Crippen molar-refractivity contribution in [2.24, 2.45) is 0 Å². The number of hydrogen-bond donors (Lipinski definition) is 0. The Labute approximate surface area is 38.4 Å². The Morgan fingerprint density at radius 2 is 2.60 bits per heavy atom. The van der Waals surface area contributed by atoms with Gasteiger partial charge in [-0.05, 0) is 6.42 Å². The molecule has 0 amide bonds. The number of rotatable bonds is 0. The second kappa shape index (κ2) is 1.82.